The fraction of sp³-hybridized carbons (Fsp3) is 0.407. The molecule has 3 heterocycles. The Labute approximate surface area is 213 Å². The molecule has 184 valence electrons. The highest BCUT2D eigenvalue weighted by Gasteiger charge is 2.48. The molecule has 2 atom stereocenters. The van der Waals surface area contributed by atoms with E-state index in [1.807, 2.05) is 10.3 Å². The Morgan fingerprint density at radius 2 is 1.63 bits per heavy atom. The molecule has 2 saturated heterocycles. The average Bonchev–Trinajstić information content (AvgIpc) is 3.33. The molecule has 0 aliphatic carbocycles. The molecule has 35 heavy (non-hydrogen) atoms. The number of hydrogen-bond donors (Lipinski definition) is 0. The van der Waals surface area contributed by atoms with Crippen molar-refractivity contribution >= 4 is 41.8 Å². The van der Waals surface area contributed by atoms with Crippen molar-refractivity contribution in [1.29, 1.82) is 0 Å². The number of aromatic nitrogens is 1. The first kappa shape index (κ1) is 24.2. The highest BCUT2D eigenvalue weighted by molar-refractivity contribution is 7.14. The first-order valence-corrected chi connectivity index (χ1v) is 14.8. The summed E-state index contributed by atoms with van der Waals surface area (Å²) in [6, 6.07) is 21.2. The SMILES string of the molecule is CC(C)(C)C1CN(c2nc(C(=O)N3CCOCC3)cs2)C1O[SiH](c1ccccc1)c1ccccc1. The second-order valence-corrected chi connectivity index (χ2v) is 13.5. The molecular formula is C27H33N3O3SSi. The standard InChI is InChI=1S/C27H33N3O3SSi/c1-27(2,3)22-18-30(26-28-23(19-34-26)24(31)29-14-16-32-17-15-29)25(22)33-35(20-10-6-4-7-11-20)21-12-8-5-9-13-21/h4-13,19,22,25,35H,14-18H2,1-3H3. The lowest BCUT2D eigenvalue weighted by Gasteiger charge is -2.54. The number of carbonyl (C=O) groups excluding carboxylic acids is 1. The van der Waals surface area contributed by atoms with Gasteiger partial charge < -0.3 is 19.0 Å². The molecule has 2 aliphatic rings. The van der Waals surface area contributed by atoms with Crippen molar-refractivity contribution in [1.82, 2.24) is 9.88 Å². The van der Waals surface area contributed by atoms with Gasteiger partial charge in [-0.15, -0.1) is 11.3 Å². The summed E-state index contributed by atoms with van der Waals surface area (Å²) >= 11 is 1.53. The summed E-state index contributed by atoms with van der Waals surface area (Å²) in [5.41, 5.74) is 0.613. The van der Waals surface area contributed by atoms with Crippen molar-refractivity contribution in [2.24, 2.45) is 11.3 Å². The van der Waals surface area contributed by atoms with E-state index in [2.05, 4.69) is 86.3 Å². The highest BCUT2D eigenvalue weighted by atomic mass is 32.1. The summed E-state index contributed by atoms with van der Waals surface area (Å²) in [7, 11) is -1.94. The number of ether oxygens (including phenoxy) is 1. The van der Waals surface area contributed by atoms with Gasteiger partial charge in [0, 0.05) is 30.9 Å². The van der Waals surface area contributed by atoms with Crippen molar-refractivity contribution < 1.29 is 14.0 Å². The van der Waals surface area contributed by atoms with Crippen molar-refractivity contribution in [3.8, 4) is 0 Å². The number of nitrogens with zero attached hydrogens (tertiary/aromatic N) is 3. The van der Waals surface area contributed by atoms with E-state index in [0.717, 1.165) is 11.7 Å². The Balaban J connectivity index is 1.41. The van der Waals surface area contributed by atoms with Gasteiger partial charge in [-0.3, -0.25) is 4.79 Å². The molecule has 3 aromatic rings. The van der Waals surface area contributed by atoms with Crippen LogP contribution in [-0.2, 0) is 9.16 Å². The van der Waals surface area contributed by atoms with E-state index in [9.17, 15) is 4.79 Å². The number of morpholine rings is 1. The van der Waals surface area contributed by atoms with E-state index in [-0.39, 0.29) is 17.6 Å². The zero-order chi connectivity index (χ0) is 24.4. The maximum atomic E-state index is 13.0. The normalized spacial score (nSPS) is 20.7. The third-order valence-corrected chi connectivity index (χ3v) is 10.3. The molecule has 2 aliphatic heterocycles. The largest absolute Gasteiger partial charge is 0.391 e. The molecule has 0 bridgehead atoms. The van der Waals surface area contributed by atoms with E-state index in [0.29, 0.717) is 37.9 Å². The van der Waals surface area contributed by atoms with Crippen molar-refractivity contribution in [2.45, 2.75) is 27.0 Å². The van der Waals surface area contributed by atoms with Crippen molar-refractivity contribution in [3.05, 3.63) is 71.7 Å². The first-order chi connectivity index (χ1) is 16.9. The molecule has 0 radical (unpaired) electrons. The van der Waals surface area contributed by atoms with Gasteiger partial charge in [-0.2, -0.15) is 0 Å². The van der Waals surface area contributed by atoms with Gasteiger partial charge in [-0.1, -0.05) is 81.4 Å². The summed E-state index contributed by atoms with van der Waals surface area (Å²) in [5.74, 6) is 0.356. The minimum absolute atomic E-state index is 0.0121. The van der Waals surface area contributed by atoms with Crippen LogP contribution in [0.5, 0.6) is 0 Å². The van der Waals surface area contributed by atoms with Crippen molar-refractivity contribution in [2.75, 3.05) is 37.7 Å². The van der Waals surface area contributed by atoms with Gasteiger partial charge in [0.1, 0.15) is 11.9 Å². The van der Waals surface area contributed by atoms with E-state index in [1.54, 1.807) is 0 Å². The molecule has 0 saturated carbocycles. The van der Waals surface area contributed by atoms with Gasteiger partial charge in [0.25, 0.3) is 5.91 Å². The Hall–Kier alpha value is -2.52. The van der Waals surface area contributed by atoms with Crippen LogP contribution in [0.25, 0.3) is 0 Å². The summed E-state index contributed by atoms with van der Waals surface area (Å²) in [5, 5.41) is 5.28. The third-order valence-electron chi connectivity index (χ3n) is 6.89. The molecule has 8 heteroatoms. The average molecular weight is 508 g/mol. The van der Waals surface area contributed by atoms with Crippen LogP contribution >= 0.6 is 11.3 Å². The molecule has 1 aromatic heterocycles. The Morgan fingerprint density at radius 3 is 2.20 bits per heavy atom. The number of hydrogen-bond acceptors (Lipinski definition) is 6. The first-order valence-electron chi connectivity index (χ1n) is 12.3. The van der Waals surface area contributed by atoms with Gasteiger partial charge >= 0.3 is 0 Å². The van der Waals surface area contributed by atoms with Crippen LogP contribution in [-0.4, -0.2) is 63.9 Å². The number of carbonyl (C=O) groups is 1. The van der Waals surface area contributed by atoms with Gasteiger partial charge in [-0.25, -0.2) is 4.98 Å². The maximum absolute atomic E-state index is 13.0. The quantitative estimate of drug-likeness (QED) is 0.480. The van der Waals surface area contributed by atoms with Crippen LogP contribution in [0.15, 0.2) is 66.0 Å². The molecule has 2 aromatic carbocycles. The molecule has 5 rings (SSSR count). The number of anilines is 1. The van der Waals surface area contributed by atoms with Crippen molar-refractivity contribution in [3.63, 3.8) is 0 Å². The lowest BCUT2D eigenvalue weighted by atomic mass is 9.74. The second-order valence-electron chi connectivity index (χ2n) is 10.3. The van der Waals surface area contributed by atoms with Gasteiger partial charge in [0.15, 0.2) is 5.13 Å². The Morgan fingerprint density at radius 1 is 1.03 bits per heavy atom. The molecular weight excluding hydrogens is 474 g/mol. The van der Waals surface area contributed by atoms with Crippen LogP contribution < -0.4 is 15.3 Å². The van der Waals surface area contributed by atoms with Crippen LogP contribution in [0, 0.1) is 11.3 Å². The van der Waals surface area contributed by atoms with Gasteiger partial charge in [-0.05, 0) is 15.8 Å². The minimum Gasteiger partial charge on any atom is -0.391 e. The number of thiazole rings is 1. The van der Waals surface area contributed by atoms with E-state index in [1.165, 1.54) is 21.7 Å². The smallest absolute Gasteiger partial charge is 0.273 e. The number of benzene rings is 2. The third kappa shape index (κ3) is 5.21. The molecule has 6 nitrogen and oxygen atoms in total. The van der Waals surface area contributed by atoms with Crippen LogP contribution in [0.3, 0.4) is 0 Å². The Bertz CT molecular complexity index is 1090. The van der Waals surface area contributed by atoms with E-state index < -0.39 is 9.04 Å². The molecule has 0 spiro atoms. The van der Waals surface area contributed by atoms with Gasteiger partial charge in [0.05, 0.1) is 13.2 Å². The van der Waals surface area contributed by atoms with E-state index in [4.69, 9.17) is 14.1 Å². The number of amides is 1. The van der Waals surface area contributed by atoms with Crippen LogP contribution in [0.1, 0.15) is 31.3 Å². The van der Waals surface area contributed by atoms with E-state index >= 15 is 0 Å². The lowest BCUT2D eigenvalue weighted by Crippen LogP contribution is -2.65. The number of rotatable bonds is 6. The zero-order valence-electron chi connectivity index (χ0n) is 20.6. The predicted octanol–water partition coefficient (Wildman–Crippen LogP) is 2.98. The van der Waals surface area contributed by atoms with Crippen LogP contribution in [0.4, 0.5) is 5.13 Å². The second kappa shape index (κ2) is 10.2. The monoisotopic (exact) mass is 507 g/mol. The Kier molecular flexibility index (Phi) is 7.06. The fourth-order valence-electron chi connectivity index (χ4n) is 4.71. The molecule has 2 unspecified atom stereocenters. The molecule has 2 fully saturated rings. The fourth-order valence-corrected chi connectivity index (χ4v) is 8.00. The molecule has 1 amide bonds. The van der Waals surface area contributed by atoms with Crippen LogP contribution in [0.2, 0.25) is 0 Å². The summed E-state index contributed by atoms with van der Waals surface area (Å²) in [6.07, 6.45) is -0.0791. The lowest BCUT2D eigenvalue weighted by molar-refractivity contribution is 0.00489. The maximum Gasteiger partial charge on any atom is 0.273 e. The molecule has 0 N–H and O–H groups in total. The van der Waals surface area contributed by atoms with Gasteiger partial charge in [0.2, 0.25) is 9.04 Å². The summed E-state index contributed by atoms with van der Waals surface area (Å²) in [4.78, 5) is 21.8. The topological polar surface area (TPSA) is 54.9 Å². The summed E-state index contributed by atoms with van der Waals surface area (Å²) < 4.78 is 12.5. The predicted molar refractivity (Wildman–Crippen MR) is 143 cm³/mol. The highest BCUT2D eigenvalue weighted by Crippen LogP contribution is 2.43. The summed E-state index contributed by atoms with van der Waals surface area (Å²) in [6.45, 7) is 10.1. The zero-order valence-corrected chi connectivity index (χ0v) is 22.6. The minimum atomic E-state index is -1.94.